The summed E-state index contributed by atoms with van der Waals surface area (Å²) in [6.07, 6.45) is 7.92. The molecule has 1 heterocycles. The molecule has 0 aliphatic heterocycles. The molecule has 1 aliphatic rings. The first-order valence-corrected chi connectivity index (χ1v) is 6.93. The van der Waals surface area contributed by atoms with Gasteiger partial charge in [0, 0.05) is 11.7 Å². The van der Waals surface area contributed by atoms with Gasteiger partial charge in [0.25, 0.3) is 0 Å². The molecule has 3 heteroatoms. The van der Waals surface area contributed by atoms with Crippen LogP contribution < -0.4 is 11.1 Å². The predicted octanol–water partition coefficient (Wildman–Crippen LogP) is 2.55. The van der Waals surface area contributed by atoms with E-state index < -0.39 is 0 Å². The fourth-order valence-corrected chi connectivity index (χ4v) is 2.87. The maximum Gasteiger partial charge on any atom is 0.0934 e. The van der Waals surface area contributed by atoms with Crippen LogP contribution in [0.1, 0.15) is 23.1 Å². The van der Waals surface area contributed by atoms with Gasteiger partial charge in [-0.25, -0.2) is 0 Å². The van der Waals surface area contributed by atoms with Gasteiger partial charge in [0.05, 0.1) is 12.5 Å². The lowest BCUT2D eigenvalue weighted by atomic mass is 9.87. The van der Waals surface area contributed by atoms with Crippen LogP contribution in [0, 0.1) is 0 Å². The SMILES string of the molecule is Nc1cccc2c1CCC(NCCc1ccoc1)C2. The molecule has 100 valence electrons. The Morgan fingerprint density at radius 1 is 1.32 bits per heavy atom. The molecule has 0 radical (unpaired) electrons. The van der Waals surface area contributed by atoms with Gasteiger partial charge in [0.1, 0.15) is 0 Å². The van der Waals surface area contributed by atoms with Gasteiger partial charge in [0.15, 0.2) is 0 Å². The zero-order valence-corrected chi connectivity index (χ0v) is 11.1. The van der Waals surface area contributed by atoms with Gasteiger partial charge >= 0.3 is 0 Å². The third-order valence-corrected chi connectivity index (χ3v) is 3.95. The standard InChI is InChI=1S/C16H20N2O/c17-16-3-1-2-13-10-14(4-5-15(13)16)18-8-6-12-7-9-19-11-12/h1-3,7,9,11,14,18H,4-6,8,10,17H2. The van der Waals surface area contributed by atoms with Gasteiger partial charge in [-0.15, -0.1) is 0 Å². The molecule has 0 amide bonds. The number of benzene rings is 1. The second kappa shape index (κ2) is 5.49. The number of anilines is 1. The quantitative estimate of drug-likeness (QED) is 0.827. The molecule has 0 bridgehead atoms. The molecule has 0 spiro atoms. The highest BCUT2D eigenvalue weighted by Gasteiger charge is 2.19. The summed E-state index contributed by atoms with van der Waals surface area (Å²) in [4.78, 5) is 0. The predicted molar refractivity (Wildman–Crippen MR) is 77.1 cm³/mol. The van der Waals surface area contributed by atoms with Gasteiger partial charge < -0.3 is 15.5 Å². The summed E-state index contributed by atoms with van der Waals surface area (Å²) in [5, 5.41) is 3.64. The lowest BCUT2D eigenvalue weighted by Crippen LogP contribution is -2.36. The van der Waals surface area contributed by atoms with Crippen LogP contribution in [-0.4, -0.2) is 12.6 Å². The van der Waals surface area contributed by atoms with Gasteiger partial charge in [-0.1, -0.05) is 12.1 Å². The fourth-order valence-electron chi connectivity index (χ4n) is 2.87. The number of nitrogens with two attached hydrogens (primary N) is 1. The number of furan rings is 1. The third kappa shape index (κ3) is 2.82. The molecule has 1 atom stereocenters. The molecule has 1 aromatic heterocycles. The van der Waals surface area contributed by atoms with E-state index in [-0.39, 0.29) is 0 Å². The van der Waals surface area contributed by atoms with E-state index in [1.807, 2.05) is 18.4 Å². The zero-order chi connectivity index (χ0) is 13.1. The minimum Gasteiger partial charge on any atom is -0.472 e. The summed E-state index contributed by atoms with van der Waals surface area (Å²) >= 11 is 0. The molecule has 1 aliphatic carbocycles. The highest BCUT2D eigenvalue weighted by atomic mass is 16.3. The Morgan fingerprint density at radius 2 is 2.26 bits per heavy atom. The van der Waals surface area contributed by atoms with Crippen molar-refractivity contribution in [1.29, 1.82) is 0 Å². The number of nitrogens with one attached hydrogen (secondary N) is 1. The third-order valence-electron chi connectivity index (χ3n) is 3.95. The van der Waals surface area contributed by atoms with Crippen LogP contribution in [0.2, 0.25) is 0 Å². The van der Waals surface area contributed by atoms with E-state index in [1.54, 1.807) is 6.26 Å². The molecule has 2 aromatic rings. The molecule has 0 fully saturated rings. The van der Waals surface area contributed by atoms with Crippen molar-refractivity contribution in [2.45, 2.75) is 31.7 Å². The Hall–Kier alpha value is -1.74. The van der Waals surface area contributed by atoms with Crippen LogP contribution in [0.25, 0.3) is 0 Å². The van der Waals surface area contributed by atoms with Crippen molar-refractivity contribution in [1.82, 2.24) is 5.32 Å². The van der Waals surface area contributed by atoms with E-state index in [9.17, 15) is 0 Å². The van der Waals surface area contributed by atoms with E-state index in [4.69, 9.17) is 10.2 Å². The van der Waals surface area contributed by atoms with Crippen molar-refractivity contribution in [3.05, 3.63) is 53.5 Å². The molecule has 0 saturated heterocycles. The van der Waals surface area contributed by atoms with Crippen molar-refractivity contribution < 1.29 is 4.42 Å². The summed E-state index contributed by atoms with van der Waals surface area (Å²) in [6, 6.07) is 8.86. The van der Waals surface area contributed by atoms with E-state index in [1.165, 1.54) is 23.1 Å². The van der Waals surface area contributed by atoms with Crippen LogP contribution in [0.4, 0.5) is 5.69 Å². The number of fused-ring (bicyclic) bond motifs is 1. The first kappa shape index (κ1) is 12.3. The van der Waals surface area contributed by atoms with Gasteiger partial charge in [0.2, 0.25) is 0 Å². The Labute approximate surface area is 113 Å². The molecule has 1 aromatic carbocycles. The van der Waals surface area contributed by atoms with E-state index in [0.717, 1.165) is 31.5 Å². The van der Waals surface area contributed by atoms with Gasteiger partial charge in [-0.05, 0) is 61.1 Å². The lowest BCUT2D eigenvalue weighted by molar-refractivity contribution is 0.461. The second-order valence-electron chi connectivity index (χ2n) is 5.26. The van der Waals surface area contributed by atoms with Crippen LogP contribution in [0.3, 0.4) is 0 Å². The van der Waals surface area contributed by atoms with Crippen molar-refractivity contribution in [3.63, 3.8) is 0 Å². The Bertz CT molecular complexity index is 534. The van der Waals surface area contributed by atoms with Crippen LogP contribution in [-0.2, 0) is 19.3 Å². The van der Waals surface area contributed by atoms with Gasteiger partial charge in [-0.3, -0.25) is 0 Å². The maximum absolute atomic E-state index is 6.02. The minimum absolute atomic E-state index is 0.571. The summed E-state index contributed by atoms with van der Waals surface area (Å²) < 4.78 is 5.08. The van der Waals surface area contributed by atoms with Gasteiger partial charge in [-0.2, -0.15) is 0 Å². The average Bonchev–Trinajstić information content (AvgIpc) is 2.92. The van der Waals surface area contributed by atoms with E-state index >= 15 is 0 Å². The van der Waals surface area contributed by atoms with Crippen molar-refractivity contribution in [2.24, 2.45) is 0 Å². The molecular formula is C16H20N2O. The molecular weight excluding hydrogens is 236 g/mol. The summed E-state index contributed by atoms with van der Waals surface area (Å²) in [5.74, 6) is 0. The van der Waals surface area contributed by atoms with E-state index in [0.29, 0.717) is 6.04 Å². The molecule has 3 rings (SSSR count). The van der Waals surface area contributed by atoms with E-state index in [2.05, 4.69) is 17.4 Å². The number of rotatable bonds is 4. The molecule has 0 saturated carbocycles. The summed E-state index contributed by atoms with van der Waals surface area (Å²) in [6.45, 7) is 1.00. The summed E-state index contributed by atoms with van der Waals surface area (Å²) in [7, 11) is 0. The van der Waals surface area contributed by atoms with Crippen LogP contribution in [0.15, 0.2) is 41.2 Å². The highest BCUT2D eigenvalue weighted by Crippen LogP contribution is 2.26. The zero-order valence-electron chi connectivity index (χ0n) is 11.1. The molecule has 1 unspecified atom stereocenters. The van der Waals surface area contributed by atoms with Crippen LogP contribution in [0.5, 0.6) is 0 Å². The molecule has 19 heavy (non-hydrogen) atoms. The first-order valence-electron chi connectivity index (χ1n) is 6.93. The first-order chi connectivity index (χ1) is 9.33. The monoisotopic (exact) mass is 256 g/mol. The Balaban J connectivity index is 1.54. The minimum atomic E-state index is 0.571. The molecule has 3 N–H and O–H groups in total. The normalized spacial score (nSPS) is 18.2. The lowest BCUT2D eigenvalue weighted by Gasteiger charge is -2.26. The topological polar surface area (TPSA) is 51.2 Å². The number of nitrogen functional groups attached to an aromatic ring is 1. The molecule has 3 nitrogen and oxygen atoms in total. The summed E-state index contributed by atoms with van der Waals surface area (Å²) in [5.41, 5.74) is 11.0. The number of hydrogen-bond acceptors (Lipinski definition) is 3. The van der Waals surface area contributed by atoms with Crippen LogP contribution >= 0.6 is 0 Å². The fraction of sp³-hybridized carbons (Fsp3) is 0.375. The maximum atomic E-state index is 6.02. The smallest absolute Gasteiger partial charge is 0.0934 e. The number of hydrogen-bond donors (Lipinski definition) is 2. The second-order valence-corrected chi connectivity index (χ2v) is 5.26. The Morgan fingerprint density at radius 3 is 3.11 bits per heavy atom. The largest absolute Gasteiger partial charge is 0.472 e. The van der Waals surface area contributed by atoms with Crippen molar-refractivity contribution in [2.75, 3.05) is 12.3 Å². The van der Waals surface area contributed by atoms with Crippen molar-refractivity contribution in [3.8, 4) is 0 Å². The average molecular weight is 256 g/mol. The van der Waals surface area contributed by atoms with Crippen molar-refractivity contribution >= 4 is 5.69 Å². The highest BCUT2D eigenvalue weighted by molar-refractivity contribution is 5.52. The Kier molecular flexibility index (Phi) is 3.56.